The molecule has 0 atom stereocenters. The van der Waals surface area contributed by atoms with E-state index in [4.69, 9.17) is 0 Å². The maximum atomic E-state index is 14.8. The van der Waals surface area contributed by atoms with Gasteiger partial charge in [0.15, 0.2) is 0 Å². The van der Waals surface area contributed by atoms with Crippen LogP contribution in [0.5, 0.6) is 0 Å². The van der Waals surface area contributed by atoms with E-state index in [9.17, 15) is 18.4 Å². The fourth-order valence-electron chi connectivity index (χ4n) is 3.94. The van der Waals surface area contributed by atoms with Gasteiger partial charge in [0.1, 0.15) is 23.0 Å². The molecule has 7 nitrogen and oxygen atoms in total. The summed E-state index contributed by atoms with van der Waals surface area (Å²) in [4.78, 5) is 32.9. The summed E-state index contributed by atoms with van der Waals surface area (Å²) in [6, 6.07) is 12.0. The number of piperazine rings is 1. The lowest BCUT2D eigenvalue weighted by Crippen LogP contribution is -2.47. The van der Waals surface area contributed by atoms with Crippen molar-refractivity contribution >= 4 is 17.7 Å². The number of ether oxygens (including phenoxy) is 1. The number of anilines is 1. The van der Waals surface area contributed by atoms with Crippen LogP contribution >= 0.6 is 0 Å². The number of aromatic nitrogens is 1. The van der Waals surface area contributed by atoms with E-state index in [-0.39, 0.29) is 31.0 Å². The number of carbonyl (C=O) groups excluding carboxylic acids is 2. The average Bonchev–Trinajstić information content (AvgIpc) is 2.87. The Morgan fingerprint density at radius 1 is 1.03 bits per heavy atom. The van der Waals surface area contributed by atoms with Gasteiger partial charge in [-0.25, -0.2) is 18.6 Å². The van der Waals surface area contributed by atoms with Crippen LogP contribution in [0.15, 0.2) is 54.7 Å². The Bertz CT molecular complexity index is 1230. The second kappa shape index (κ2) is 11.7. The number of carbonyl (C=O) groups is 2. The maximum Gasteiger partial charge on any atom is 0.341 e. The average molecular weight is 497 g/mol. The monoisotopic (exact) mass is 496 g/mol. The van der Waals surface area contributed by atoms with Crippen LogP contribution in [-0.4, -0.2) is 67.0 Å². The van der Waals surface area contributed by atoms with Crippen molar-refractivity contribution in [2.24, 2.45) is 0 Å². The normalized spacial score (nSPS) is 13.6. The Morgan fingerprint density at radius 2 is 1.78 bits per heavy atom. The van der Waals surface area contributed by atoms with Crippen molar-refractivity contribution in [2.45, 2.75) is 14.0 Å². The molecule has 0 spiro atoms. The second-order valence-corrected chi connectivity index (χ2v) is 8.34. The van der Waals surface area contributed by atoms with Crippen molar-refractivity contribution in [2.75, 3.05) is 45.7 Å². The van der Waals surface area contributed by atoms with Gasteiger partial charge in [-0.1, -0.05) is 31.7 Å². The minimum atomic E-state index is -0.829. The lowest BCUT2D eigenvalue weighted by Gasteiger charge is -2.32. The standard InChI is InChI=1S/C26H26F2N4O3.CH4/c1-31-10-12-32(13-11-31)25(33)19-8-9-23(30-16-19)29-15-18-7-6-17(14-22(18)28)20-4-3-5-21(27)24(20)26(34)35-2;/h3-9,14,16H,10-13,15H2,1-2H3,(H,29,30);1H4. The van der Waals surface area contributed by atoms with Crippen LogP contribution in [0, 0.1) is 11.6 Å². The third kappa shape index (κ3) is 5.85. The van der Waals surface area contributed by atoms with Crippen LogP contribution in [0.4, 0.5) is 14.6 Å². The van der Waals surface area contributed by atoms with E-state index in [1.807, 2.05) is 11.9 Å². The molecule has 190 valence electrons. The number of amides is 1. The van der Waals surface area contributed by atoms with Crippen molar-refractivity contribution in [3.8, 4) is 11.1 Å². The maximum absolute atomic E-state index is 14.8. The molecule has 9 heteroatoms. The first kappa shape index (κ1) is 26.7. The zero-order valence-electron chi connectivity index (χ0n) is 19.6. The van der Waals surface area contributed by atoms with Gasteiger partial charge in [-0.05, 0) is 42.4 Å². The number of pyridine rings is 1. The van der Waals surface area contributed by atoms with E-state index in [0.717, 1.165) is 26.3 Å². The zero-order valence-corrected chi connectivity index (χ0v) is 19.6. The topological polar surface area (TPSA) is 74.8 Å². The van der Waals surface area contributed by atoms with Crippen molar-refractivity contribution in [1.29, 1.82) is 0 Å². The van der Waals surface area contributed by atoms with Gasteiger partial charge in [-0.15, -0.1) is 0 Å². The lowest BCUT2D eigenvalue weighted by atomic mass is 9.98. The molecule has 0 radical (unpaired) electrons. The molecule has 36 heavy (non-hydrogen) atoms. The van der Waals surface area contributed by atoms with Gasteiger partial charge in [0.2, 0.25) is 0 Å². The Kier molecular flexibility index (Phi) is 8.71. The summed E-state index contributed by atoms with van der Waals surface area (Å²) >= 11 is 0. The highest BCUT2D eigenvalue weighted by atomic mass is 19.1. The van der Waals surface area contributed by atoms with Crippen LogP contribution < -0.4 is 5.32 Å². The van der Waals surface area contributed by atoms with E-state index in [1.54, 1.807) is 24.3 Å². The molecule has 2 heterocycles. The molecule has 1 N–H and O–H groups in total. The molecule has 0 bridgehead atoms. The molecular weight excluding hydrogens is 466 g/mol. The Morgan fingerprint density at radius 3 is 2.42 bits per heavy atom. The summed E-state index contributed by atoms with van der Waals surface area (Å²) in [5, 5.41) is 3.04. The van der Waals surface area contributed by atoms with Gasteiger partial charge in [0, 0.05) is 44.5 Å². The van der Waals surface area contributed by atoms with Gasteiger partial charge in [-0.2, -0.15) is 0 Å². The molecule has 0 unspecified atom stereocenters. The number of nitrogens with one attached hydrogen (secondary N) is 1. The van der Waals surface area contributed by atoms with Gasteiger partial charge in [-0.3, -0.25) is 4.79 Å². The Hall–Kier alpha value is -3.85. The van der Waals surface area contributed by atoms with Gasteiger partial charge in [0.25, 0.3) is 5.91 Å². The number of halogens is 2. The van der Waals surface area contributed by atoms with Gasteiger partial charge in [0.05, 0.1) is 12.7 Å². The molecule has 1 aliphatic rings. The van der Waals surface area contributed by atoms with Crippen LogP contribution in [0.3, 0.4) is 0 Å². The molecule has 1 aliphatic heterocycles. The zero-order chi connectivity index (χ0) is 24.9. The van der Waals surface area contributed by atoms with Crippen LogP contribution in [-0.2, 0) is 11.3 Å². The predicted octanol–water partition coefficient (Wildman–Crippen LogP) is 4.45. The third-order valence-corrected chi connectivity index (χ3v) is 6.03. The van der Waals surface area contributed by atoms with Crippen molar-refractivity contribution in [3.05, 3.63) is 83.1 Å². The predicted molar refractivity (Wildman–Crippen MR) is 135 cm³/mol. The summed E-state index contributed by atoms with van der Waals surface area (Å²) < 4.78 is 33.7. The third-order valence-electron chi connectivity index (χ3n) is 6.03. The summed E-state index contributed by atoms with van der Waals surface area (Å²) in [7, 11) is 3.19. The first-order valence-corrected chi connectivity index (χ1v) is 11.2. The van der Waals surface area contributed by atoms with Crippen molar-refractivity contribution < 1.29 is 23.1 Å². The molecule has 0 saturated carbocycles. The smallest absolute Gasteiger partial charge is 0.341 e. The number of esters is 1. The van der Waals surface area contributed by atoms with Gasteiger partial charge >= 0.3 is 5.97 Å². The molecule has 2 aromatic carbocycles. The van der Waals surface area contributed by atoms with Crippen molar-refractivity contribution in [3.63, 3.8) is 0 Å². The fraction of sp³-hybridized carbons (Fsp3) is 0.296. The number of rotatable bonds is 6. The molecule has 4 rings (SSSR count). The molecular formula is C27H30F2N4O3. The van der Waals surface area contributed by atoms with E-state index in [1.165, 1.54) is 24.4 Å². The molecule has 1 amide bonds. The fourth-order valence-corrected chi connectivity index (χ4v) is 3.94. The van der Waals surface area contributed by atoms with Crippen LogP contribution in [0.25, 0.3) is 11.1 Å². The summed E-state index contributed by atoms with van der Waals surface area (Å²) in [5.74, 6) is -1.63. The minimum absolute atomic E-state index is 0. The Balaban J connectivity index is 0.00000361. The summed E-state index contributed by atoms with van der Waals surface area (Å²) in [6.45, 7) is 3.19. The first-order chi connectivity index (χ1) is 16.9. The van der Waals surface area contributed by atoms with Gasteiger partial charge < -0.3 is 19.9 Å². The number of likely N-dealkylation sites (N-methyl/N-ethyl adjacent to an activating group) is 1. The highest BCUT2D eigenvalue weighted by Crippen LogP contribution is 2.28. The highest BCUT2D eigenvalue weighted by Gasteiger charge is 2.21. The number of methoxy groups -OCH3 is 1. The van der Waals surface area contributed by atoms with E-state index in [2.05, 4.69) is 19.9 Å². The second-order valence-electron chi connectivity index (χ2n) is 8.34. The quantitative estimate of drug-likeness (QED) is 0.509. The van der Waals surface area contributed by atoms with Crippen molar-refractivity contribution in [1.82, 2.24) is 14.8 Å². The number of hydrogen-bond acceptors (Lipinski definition) is 6. The molecule has 1 saturated heterocycles. The molecule has 1 aromatic heterocycles. The highest BCUT2D eigenvalue weighted by molar-refractivity contribution is 5.97. The molecule has 3 aromatic rings. The largest absolute Gasteiger partial charge is 0.465 e. The molecule has 0 aliphatic carbocycles. The SMILES string of the molecule is C.COC(=O)c1c(F)cccc1-c1ccc(CNc2ccc(C(=O)N3CCN(C)CC3)cn2)c(F)c1. The summed E-state index contributed by atoms with van der Waals surface area (Å²) in [6.07, 6.45) is 1.51. The summed E-state index contributed by atoms with van der Waals surface area (Å²) in [5.41, 5.74) is 1.24. The Labute approximate surface area is 209 Å². The number of hydrogen-bond donors (Lipinski definition) is 1. The first-order valence-electron chi connectivity index (χ1n) is 11.2. The number of nitrogens with zero attached hydrogens (tertiary/aromatic N) is 3. The number of benzene rings is 2. The van der Waals surface area contributed by atoms with Crippen LogP contribution in [0.2, 0.25) is 0 Å². The van der Waals surface area contributed by atoms with Crippen LogP contribution in [0.1, 0.15) is 33.7 Å². The minimum Gasteiger partial charge on any atom is -0.465 e. The van der Waals surface area contributed by atoms with E-state index < -0.39 is 17.6 Å². The molecule has 1 fully saturated rings. The van der Waals surface area contributed by atoms with E-state index in [0.29, 0.717) is 35.6 Å². The lowest BCUT2D eigenvalue weighted by molar-refractivity contribution is 0.0595. The van der Waals surface area contributed by atoms with E-state index >= 15 is 0 Å².